The molecule has 2 atom stereocenters. The van der Waals surface area contributed by atoms with E-state index >= 15 is 0 Å². The van der Waals surface area contributed by atoms with Crippen LogP contribution in [0.4, 0.5) is 5.69 Å². The number of carbonyl (C=O) groups excluding carboxylic acids is 3. The van der Waals surface area contributed by atoms with E-state index < -0.39 is 0 Å². The van der Waals surface area contributed by atoms with E-state index in [2.05, 4.69) is 25.4 Å². The first-order valence-electron chi connectivity index (χ1n) is 15.5. The van der Waals surface area contributed by atoms with Crippen LogP contribution in [0.2, 0.25) is 0 Å². The molecule has 43 heavy (non-hydrogen) atoms. The van der Waals surface area contributed by atoms with Gasteiger partial charge in [-0.25, -0.2) is 0 Å². The first-order chi connectivity index (χ1) is 20.7. The lowest BCUT2D eigenvalue weighted by atomic mass is 10.0. The fraction of sp³-hybridized carbons (Fsp3) is 0.400. The van der Waals surface area contributed by atoms with Gasteiger partial charge >= 0.3 is 0 Å². The van der Waals surface area contributed by atoms with Crippen molar-refractivity contribution in [3.8, 4) is 0 Å². The van der Waals surface area contributed by atoms with Crippen molar-refractivity contribution in [1.82, 2.24) is 20.1 Å². The molecule has 0 bridgehead atoms. The Hall–Kier alpha value is -4.17. The largest absolute Gasteiger partial charge is 0.358 e. The lowest BCUT2D eigenvalue weighted by Gasteiger charge is -2.28. The van der Waals surface area contributed by atoms with Crippen LogP contribution in [0.5, 0.6) is 0 Å². The topological polar surface area (TPSA) is 97.5 Å². The summed E-state index contributed by atoms with van der Waals surface area (Å²) in [6.07, 6.45) is 6.36. The molecule has 4 heterocycles. The van der Waals surface area contributed by atoms with Crippen LogP contribution in [0.25, 0.3) is 11.6 Å². The van der Waals surface area contributed by atoms with Gasteiger partial charge in [0, 0.05) is 47.3 Å². The third kappa shape index (κ3) is 5.76. The molecule has 0 spiro atoms. The van der Waals surface area contributed by atoms with Gasteiger partial charge in [0.05, 0.1) is 17.2 Å². The van der Waals surface area contributed by atoms with Crippen molar-refractivity contribution in [3.63, 3.8) is 0 Å². The zero-order valence-corrected chi connectivity index (χ0v) is 25.5. The van der Waals surface area contributed by atoms with Crippen LogP contribution in [0.1, 0.15) is 93.0 Å². The Labute approximate surface area is 253 Å². The van der Waals surface area contributed by atoms with Crippen molar-refractivity contribution in [2.75, 3.05) is 31.5 Å². The van der Waals surface area contributed by atoms with Gasteiger partial charge in [0.15, 0.2) is 0 Å². The van der Waals surface area contributed by atoms with E-state index in [-0.39, 0.29) is 29.8 Å². The van der Waals surface area contributed by atoms with Gasteiger partial charge in [-0.3, -0.25) is 14.4 Å². The van der Waals surface area contributed by atoms with Crippen molar-refractivity contribution in [2.24, 2.45) is 0 Å². The molecule has 3 aromatic rings. The van der Waals surface area contributed by atoms with E-state index in [1.165, 1.54) is 18.4 Å². The zero-order valence-electron chi connectivity index (χ0n) is 25.5. The molecule has 0 radical (unpaired) electrons. The molecule has 2 fully saturated rings. The number of H-pyrrole nitrogens is 1. The van der Waals surface area contributed by atoms with Gasteiger partial charge in [0.25, 0.3) is 17.7 Å². The predicted octanol–water partition coefficient (Wildman–Crippen LogP) is 5.62. The minimum Gasteiger partial charge on any atom is -0.358 e. The third-order valence-corrected chi connectivity index (χ3v) is 9.27. The number of nitrogens with one attached hydrogen (secondary N) is 3. The standard InChI is InChI=1S/C35H41N5O3/c1-21-9-11-25(12-10-21)23(3)37-33(41)26-13-14-30-28(18-26)29(34(42)38-30)19-31-22(2)32(24(4)36-31)35(43)40-17-7-8-27(40)20-39-15-5-6-16-39/h9-14,18-19,23,27,36H,5-8,15-17,20H2,1-4H3,(H,37,41)(H,38,42). The maximum Gasteiger partial charge on any atom is 0.256 e. The molecule has 1 aromatic heterocycles. The van der Waals surface area contributed by atoms with Crippen LogP contribution >= 0.6 is 0 Å². The summed E-state index contributed by atoms with van der Waals surface area (Å²) in [5.41, 5.74) is 7.54. The second-order valence-electron chi connectivity index (χ2n) is 12.3. The molecule has 0 saturated carbocycles. The first kappa shape index (κ1) is 28.9. The smallest absolute Gasteiger partial charge is 0.256 e. The minimum atomic E-state index is -0.231. The lowest BCUT2D eigenvalue weighted by molar-refractivity contribution is -0.110. The van der Waals surface area contributed by atoms with E-state index in [4.69, 9.17) is 0 Å². The molecule has 3 aliphatic heterocycles. The first-order valence-corrected chi connectivity index (χ1v) is 15.5. The number of benzene rings is 2. The van der Waals surface area contributed by atoms with E-state index in [1.54, 1.807) is 18.2 Å². The molecule has 8 nitrogen and oxygen atoms in total. The number of aromatic nitrogens is 1. The van der Waals surface area contributed by atoms with Gasteiger partial charge in [-0.1, -0.05) is 29.8 Å². The van der Waals surface area contributed by atoms with Crippen LogP contribution in [-0.2, 0) is 4.79 Å². The van der Waals surface area contributed by atoms with E-state index in [0.717, 1.165) is 61.5 Å². The number of aromatic amines is 1. The van der Waals surface area contributed by atoms with E-state index in [0.29, 0.717) is 28.0 Å². The predicted molar refractivity (Wildman–Crippen MR) is 170 cm³/mol. The Morgan fingerprint density at radius 3 is 2.51 bits per heavy atom. The molecule has 2 unspecified atom stereocenters. The molecule has 8 heteroatoms. The number of anilines is 1. The summed E-state index contributed by atoms with van der Waals surface area (Å²) in [5.74, 6) is -0.371. The highest BCUT2D eigenvalue weighted by atomic mass is 16.2. The third-order valence-electron chi connectivity index (χ3n) is 9.27. The molecule has 3 aliphatic rings. The van der Waals surface area contributed by atoms with Crippen molar-refractivity contribution in [3.05, 3.63) is 87.2 Å². The fourth-order valence-corrected chi connectivity index (χ4v) is 6.77. The molecule has 224 valence electrons. The highest BCUT2D eigenvalue weighted by molar-refractivity contribution is 6.35. The number of nitrogens with zero attached hydrogens (tertiary/aromatic N) is 2. The molecule has 3 amide bonds. The van der Waals surface area contributed by atoms with Crippen molar-refractivity contribution in [2.45, 2.75) is 65.5 Å². The van der Waals surface area contributed by atoms with Crippen LogP contribution in [-0.4, -0.2) is 64.7 Å². The number of fused-ring (bicyclic) bond motifs is 1. The van der Waals surface area contributed by atoms with Crippen molar-refractivity contribution < 1.29 is 14.4 Å². The molecule has 0 aliphatic carbocycles. The second kappa shape index (κ2) is 11.8. The number of likely N-dealkylation sites (tertiary alicyclic amines) is 2. The summed E-state index contributed by atoms with van der Waals surface area (Å²) < 4.78 is 0. The summed E-state index contributed by atoms with van der Waals surface area (Å²) in [4.78, 5) is 48.0. The summed E-state index contributed by atoms with van der Waals surface area (Å²) in [6, 6.07) is 13.4. The SMILES string of the molecule is Cc1ccc(C(C)NC(=O)c2ccc3c(c2)C(=Cc2[nH]c(C)c(C(=O)N4CCCC4CN4CCCC4)c2C)C(=O)N3)cc1. The van der Waals surface area contributed by atoms with Crippen LogP contribution in [0.15, 0.2) is 42.5 Å². The molecule has 2 saturated heterocycles. The monoisotopic (exact) mass is 579 g/mol. The van der Waals surface area contributed by atoms with E-state index in [9.17, 15) is 14.4 Å². The fourth-order valence-electron chi connectivity index (χ4n) is 6.77. The normalized spacial score (nSPS) is 20.0. The minimum absolute atomic E-state index is 0.0653. The Morgan fingerprint density at radius 1 is 1.02 bits per heavy atom. The second-order valence-corrected chi connectivity index (χ2v) is 12.3. The van der Waals surface area contributed by atoms with Gasteiger partial charge in [-0.2, -0.15) is 0 Å². The number of amides is 3. The highest BCUT2D eigenvalue weighted by Crippen LogP contribution is 2.35. The zero-order chi connectivity index (χ0) is 30.2. The van der Waals surface area contributed by atoms with Gasteiger partial charge in [0.2, 0.25) is 0 Å². The molecule has 6 rings (SSSR count). The Bertz CT molecular complexity index is 1600. The van der Waals surface area contributed by atoms with Crippen LogP contribution in [0.3, 0.4) is 0 Å². The summed E-state index contributed by atoms with van der Waals surface area (Å²) in [6.45, 7) is 11.8. The number of rotatable bonds is 7. The quantitative estimate of drug-likeness (QED) is 0.317. The Balaban J connectivity index is 1.23. The average Bonchev–Trinajstić information content (AvgIpc) is 3.78. The van der Waals surface area contributed by atoms with Crippen molar-refractivity contribution in [1.29, 1.82) is 0 Å². The Morgan fingerprint density at radius 2 is 1.77 bits per heavy atom. The van der Waals surface area contributed by atoms with Crippen LogP contribution in [0, 0.1) is 20.8 Å². The van der Waals surface area contributed by atoms with Crippen LogP contribution < -0.4 is 10.6 Å². The summed E-state index contributed by atoms with van der Waals surface area (Å²) >= 11 is 0. The number of aryl methyl sites for hydroxylation is 2. The van der Waals surface area contributed by atoms with Gasteiger partial charge in [0.1, 0.15) is 0 Å². The van der Waals surface area contributed by atoms with E-state index in [1.807, 2.05) is 58.0 Å². The molecular formula is C35H41N5O3. The number of carbonyl (C=O) groups is 3. The maximum atomic E-state index is 13.9. The lowest BCUT2D eigenvalue weighted by Crippen LogP contribution is -2.42. The van der Waals surface area contributed by atoms with Gasteiger partial charge in [-0.15, -0.1) is 0 Å². The summed E-state index contributed by atoms with van der Waals surface area (Å²) in [5, 5.41) is 5.99. The maximum absolute atomic E-state index is 13.9. The molecule has 3 N–H and O–H groups in total. The molecule has 2 aromatic carbocycles. The summed E-state index contributed by atoms with van der Waals surface area (Å²) in [7, 11) is 0. The number of hydrogen-bond donors (Lipinski definition) is 3. The van der Waals surface area contributed by atoms with Gasteiger partial charge in [-0.05, 0) is 102 Å². The highest BCUT2D eigenvalue weighted by Gasteiger charge is 2.34. The Kier molecular flexibility index (Phi) is 7.97. The number of hydrogen-bond acceptors (Lipinski definition) is 4. The van der Waals surface area contributed by atoms with Gasteiger partial charge < -0.3 is 25.4 Å². The molecular weight excluding hydrogens is 538 g/mol. The average molecular weight is 580 g/mol. The van der Waals surface area contributed by atoms with Crippen molar-refractivity contribution >= 4 is 35.1 Å².